The number of para-hydroxylation sites is 2. The summed E-state index contributed by atoms with van der Waals surface area (Å²) in [6.07, 6.45) is 0.351. The summed E-state index contributed by atoms with van der Waals surface area (Å²) in [6, 6.07) is 7.15. The van der Waals surface area contributed by atoms with E-state index in [2.05, 4.69) is 5.32 Å². The Morgan fingerprint density at radius 3 is 2.84 bits per heavy atom. The monoisotopic (exact) mass is 348 g/mol. The van der Waals surface area contributed by atoms with Crippen LogP contribution in [-0.2, 0) is 19.1 Å². The first-order valence-electron chi connectivity index (χ1n) is 8.12. The fraction of sp³-hybridized carbons (Fsp3) is 0.471. The summed E-state index contributed by atoms with van der Waals surface area (Å²) in [5, 5.41) is 11.8. The predicted octanol–water partition coefficient (Wildman–Crippen LogP) is 0.552. The second kappa shape index (κ2) is 7.10. The molecule has 2 amide bonds. The molecular formula is C17H20N2O6. The molecule has 8 heteroatoms. The number of aliphatic carboxylic acids is 1. The van der Waals surface area contributed by atoms with Crippen molar-refractivity contribution in [1.29, 1.82) is 0 Å². The predicted molar refractivity (Wildman–Crippen MR) is 87.5 cm³/mol. The van der Waals surface area contributed by atoms with Crippen LogP contribution in [-0.4, -0.2) is 54.8 Å². The summed E-state index contributed by atoms with van der Waals surface area (Å²) in [5.74, 6) is -0.892. The molecule has 1 saturated heterocycles. The zero-order valence-electron chi connectivity index (χ0n) is 13.7. The van der Waals surface area contributed by atoms with Crippen molar-refractivity contribution < 1.29 is 29.0 Å². The Labute approximate surface area is 144 Å². The van der Waals surface area contributed by atoms with Gasteiger partial charge in [-0.1, -0.05) is 12.1 Å². The van der Waals surface area contributed by atoms with Gasteiger partial charge in [-0.15, -0.1) is 0 Å². The molecule has 0 spiro atoms. The molecule has 2 aliphatic rings. The van der Waals surface area contributed by atoms with Crippen molar-refractivity contribution in [3.05, 3.63) is 24.3 Å². The normalized spacial score (nSPS) is 22.2. The molecule has 1 unspecified atom stereocenters. The molecule has 1 aromatic rings. The van der Waals surface area contributed by atoms with E-state index in [-0.39, 0.29) is 44.4 Å². The molecule has 1 aromatic carbocycles. The van der Waals surface area contributed by atoms with Crippen LogP contribution in [0.15, 0.2) is 24.3 Å². The number of carbonyl (C=O) groups excluding carboxylic acids is 2. The number of benzene rings is 1. The number of carbonyl (C=O) groups is 3. The van der Waals surface area contributed by atoms with Crippen LogP contribution >= 0.6 is 0 Å². The molecule has 2 aliphatic heterocycles. The number of hydrogen-bond acceptors (Lipinski definition) is 5. The number of anilines is 1. The second-order valence-electron chi connectivity index (χ2n) is 6.25. The number of fused-ring (bicyclic) bond motifs is 1. The SMILES string of the molecule is O=C(O)CC1(NC(=O)CCN2C(=O)COc3ccccc32)CCOC1. The van der Waals surface area contributed by atoms with Crippen LogP contribution in [0.5, 0.6) is 5.75 Å². The first-order valence-corrected chi connectivity index (χ1v) is 8.12. The number of carboxylic acid groups (broad SMARTS) is 1. The Morgan fingerprint density at radius 1 is 1.32 bits per heavy atom. The highest BCUT2D eigenvalue weighted by Gasteiger charge is 2.38. The lowest BCUT2D eigenvalue weighted by molar-refractivity contribution is -0.139. The molecule has 0 radical (unpaired) electrons. The lowest BCUT2D eigenvalue weighted by Crippen LogP contribution is -2.51. The van der Waals surface area contributed by atoms with Gasteiger partial charge in [0, 0.05) is 19.6 Å². The maximum atomic E-state index is 12.3. The summed E-state index contributed by atoms with van der Waals surface area (Å²) in [5.41, 5.74) is -0.230. The van der Waals surface area contributed by atoms with Crippen molar-refractivity contribution >= 4 is 23.5 Å². The van der Waals surface area contributed by atoms with E-state index in [0.29, 0.717) is 24.5 Å². The lowest BCUT2D eigenvalue weighted by atomic mass is 9.94. The maximum Gasteiger partial charge on any atom is 0.305 e. The topological polar surface area (TPSA) is 105 Å². The van der Waals surface area contributed by atoms with E-state index in [0.717, 1.165) is 0 Å². The average molecular weight is 348 g/mol. The van der Waals surface area contributed by atoms with Crippen molar-refractivity contribution in [1.82, 2.24) is 5.32 Å². The fourth-order valence-electron chi connectivity index (χ4n) is 3.15. The van der Waals surface area contributed by atoms with Gasteiger partial charge in [0.1, 0.15) is 5.75 Å². The Morgan fingerprint density at radius 2 is 2.12 bits per heavy atom. The summed E-state index contributed by atoms with van der Waals surface area (Å²) < 4.78 is 10.6. The molecule has 0 aliphatic carbocycles. The van der Waals surface area contributed by atoms with Gasteiger partial charge < -0.3 is 24.8 Å². The number of carboxylic acids is 1. The molecule has 25 heavy (non-hydrogen) atoms. The molecule has 0 aromatic heterocycles. The Hall–Kier alpha value is -2.61. The molecule has 2 heterocycles. The van der Waals surface area contributed by atoms with Crippen LogP contribution in [0.4, 0.5) is 5.69 Å². The quantitative estimate of drug-likeness (QED) is 0.778. The van der Waals surface area contributed by atoms with Crippen LogP contribution in [0.1, 0.15) is 19.3 Å². The molecule has 8 nitrogen and oxygen atoms in total. The molecule has 134 valence electrons. The number of nitrogens with zero attached hydrogens (tertiary/aromatic N) is 1. The second-order valence-corrected chi connectivity index (χ2v) is 6.25. The largest absolute Gasteiger partial charge is 0.482 e. The van der Waals surface area contributed by atoms with E-state index in [1.54, 1.807) is 18.2 Å². The first kappa shape index (κ1) is 17.2. The summed E-state index contributed by atoms with van der Waals surface area (Å²) in [6.45, 7) is 0.748. The molecule has 1 fully saturated rings. The van der Waals surface area contributed by atoms with Gasteiger partial charge in [-0.05, 0) is 18.6 Å². The van der Waals surface area contributed by atoms with E-state index in [1.807, 2.05) is 6.07 Å². The summed E-state index contributed by atoms with van der Waals surface area (Å²) in [7, 11) is 0. The first-order chi connectivity index (χ1) is 12.0. The molecule has 3 rings (SSSR count). The van der Waals surface area contributed by atoms with Gasteiger partial charge in [0.05, 0.1) is 24.3 Å². The van der Waals surface area contributed by atoms with Gasteiger partial charge in [0.15, 0.2) is 6.61 Å². The van der Waals surface area contributed by atoms with Crippen molar-refractivity contribution in [2.45, 2.75) is 24.8 Å². The molecule has 2 N–H and O–H groups in total. The number of hydrogen-bond donors (Lipinski definition) is 2. The van der Waals surface area contributed by atoms with Crippen LogP contribution in [0.3, 0.4) is 0 Å². The smallest absolute Gasteiger partial charge is 0.305 e. The van der Waals surface area contributed by atoms with Crippen LogP contribution in [0.25, 0.3) is 0 Å². The third-order valence-corrected chi connectivity index (χ3v) is 4.37. The van der Waals surface area contributed by atoms with E-state index in [9.17, 15) is 14.4 Å². The lowest BCUT2D eigenvalue weighted by Gasteiger charge is -2.30. The highest BCUT2D eigenvalue weighted by Crippen LogP contribution is 2.31. The fourth-order valence-corrected chi connectivity index (χ4v) is 3.15. The number of amides is 2. The van der Waals surface area contributed by atoms with Gasteiger partial charge >= 0.3 is 5.97 Å². The Balaban J connectivity index is 1.62. The molecule has 0 saturated carbocycles. The van der Waals surface area contributed by atoms with Crippen LogP contribution in [0, 0.1) is 0 Å². The standard InChI is InChI=1S/C17H20N2O6/c20-14(18-17(9-16(22)23)6-8-24-11-17)5-7-19-12-3-1-2-4-13(12)25-10-15(19)21/h1-4H,5-11H2,(H,18,20)(H,22,23). The number of nitrogens with one attached hydrogen (secondary N) is 1. The van der Waals surface area contributed by atoms with Crippen molar-refractivity contribution in [3.8, 4) is 5.75 Å². The summed E-state index contributed by atoms with van der Waals surface area (Å²) >= 11 is 0. The van der Waals surface area contributed by atoms with E-state index < -0.39 is 11.5 Å². The minimum Gasteiger partial charge on any atom is -0.482 e. The van der Waals surface area contributed by atoms with Gasteiger partial charge in [-0.25, -0.2) is 0 Å². The van der Waals surface area contributed by atoms with Crippen molar-refractivity contribution in [2.24, 2.45) is 0 Å². The minimum atomic E-state index is -0.983. The van der Waals surface area contributed by atoms with Crippen molar-refractivity contribution in [3.63, 3.8) is 0 Å². The highest BCUT2D eigenvalue weighted by atomic mass is 16.5. The zero-order chi connectivity index (χ0) is 17.9. The third kappa shape index (κ3) is 3.90. The zero-order valence-corrected chi connectivity index (χ0v) is 13.7. The van der Waals surface area contributed by atoms with Gasteiger partial charge in [0.2, 0.25) is 5.91 Å². The van der Waals surface area contributed by atoms with Gasteiger partial charge in [-0.2, -0.15) is 0 Å². The van der Waals surface area contributed by atoms with Crippen LogP contribution < -0.4 is 15.0 Å². The number of ether oxygens (including phenoxy) is 2. The minimum absolute atomic E-state index is 0.0601. The van der Waals surface area contributed by atoms with E-state index >= 15 is 0 Å². The molecule has 1 atom stereocenters. The van der Waals surface area contributed by atoms with Crippen molar-refractivity contribution in [2.75, 3.05) is 31.3 Å². The third-order valence-electron chi connectivity index (χ3n) is 4.37. The molecule has 0 bridgehead atoms. The van der Waals surface area contributed by atoms with E-state index in [1.165, 1.54) is 4.90 Å². The Bertz CT molecular complexity index is 683. The summed E-state index contributed by atoms with van der Waals surface area (Å²) in [4.78, 5) is 37.0. The van der Waals surface area contributed by atoms with Gasteiger partial charge in [-0.3, -0.25) is 14.4 Å². The average Bonchev–Trinajstić information content (AvgIpc) is 3.01. The van der Waals surface area contributed by atoms with E-state index in [4.69, 9.17) is 14.6 Å². The van der Waals surface area contributed by atoms with Crippen LogP contribution in [0.2, 0.25) is 0 Å². The van der Waals surface area contributed by atoms with Gasteiger partial charge in [0.25, 0.3) is 5.91 Å². The maximum absolute atomic E-state index is 12.3. The molecular weight excluding hydrogens is 328 g/mol. The highest BCUT2D eigenvalue weighted by molar-refractivity contribution is 5.98. The Kier molecular flexibility index (Phi) is 4.89. The number of rotatable bonds is 6.